The fraction of sp³-hybridized carbons (Fsp3) is 0.444. The summed E-state index contributed by atoms with van der Waals surface area (Å²) >= 11 is 0. The first-order valence-electron chi connectivity index (χ1n) is 4.84. The number of nitrogen functional groups attached to an aromatic ring is 1. The number of rotatable bonds is 2. The van der Waals surface area contributed by atoms with Crippen LogP contribution in [0.4, 0.5) is 11.8 Å². The van der Waals surface area contributed by atoms with E-state index in [1.54, 1.807) is 6.20 Å². The number of amidine groups is 1. The number of nitrogens with one attached hydrogen (secondary N) is 1. The lowest BCUT2D eigenvalue weighted by Gasteiger charge is -2.16. The fourth-order valence-electron chi connectivity index (χ4n) is 1.76. The third-order valence-corrected chi connectivity index (χ3v) is 2.61. The zero-order valence-electron chi connectivity index (χ0n) is 8.35. The van der Waals surface area contributed by atoms with Crippen LogP contribution in [0.2, 0.25) is 0 Å². The summed E-state index contributed by atoms with van der Waals surface area (Å²) in [4.78, 5) is 10.0. The van der Waals surface area contributed by atoms with Gasteiger partial charge in [-0.1, -0.05) is 0 Å². The molecule has 15 heavy (non-hydrogen) atoms. The summed E-state index contributed by atoms with van der Waals surface area (Å²) in [5.74, 6) is 1.48. The summed E-state index contributed by atoms with van der Waals surface area (Å²) in [5.41, 5.74) is 11.0. The van der Waals surface area contributed by atoms with Crippen molar-refractivity contribution in [3.05, 3.63) is 12.3 Å². The molecule has 1 saturated heterocycles. The van der Waals surface area contributed by atoms with Crippen molar-refractivity contribution in [3.8, 4) is 0 Å². The number of aromatic nitrogens is 2. The molecule has 2 rings (SSSR count). The number of hydrogen-bond donors (Lipinski definition) is 3. The molecule has 1 fully saturated rings. The summed E-state index contributed by atoms with van der Waals surface area (Å²) in [6, 6.07) is 1.82. The highest BCUT2D eigenvalue weighted by atomic mass is 15.2. The second-order valence-corrected chi connectivity index (χ2v) is 3.66. The molecule has 0 unspecified atom stereocenters. The van der Waals surface area contributed by atoms with Crippen molar-refractivity contribution in [3.63, 3.8) is 0 Å². The molecule has 0 saturated carbocycles. The van der Waals surface area contributed by atoms with Gasteiger partial charge < -0.3 is 16.4 Å². The van der Waals surface area contributed by atoms with E-state index in [2.05, 4.69) is 14.9 Å². The summed E-state index contributed by atoms with van der Waals surface area (Å²) in [6.45, 7) is 1.60. The molecule has 6 heteroatoms. The van der Waals surface area contributed by atoms with E-state index in [1.807, 2.05) is 6.07 Å². The van der Waals surface area contributed by atoms with Gasteiger partial charge in [0, 0.05) is 25.2 Å². The zero-order chi connectivity index (χ0) is 10.8. The predicted octanol–water partition coefficient (Wildman–Crippen LogP) is -0.179. The molecule has 5 N–H and O–H groups in total. The van der Waals surface area contributed by atoms with Gasteiger partial charge in [-0.3, -0.25) is 5.41 Å². The fourth-order valence-corrected chi connectivity index (χ4v) is 1.76. The Hall–Kier alpha value is -1.85. The van der Waals surface area contributed by atoms with Crippen LogP contribution >= 0.6 is 0 Å². The van der Waals surface area contributed by atoms with E-state index in [4.69, 9.17) is 16.9 Å². The first-order chi connectivity index (χ1) is 7.16. The van der Waals surface area contributed by atoms with E-state index >= 15 is 0 Å². The van der Waals surface area contributed by atoms with Crippen molar-refractivity contribution in [1.82, 2.24) is 9.97 Å². The van der Waals surface area contributed by atoms with Crippen molar-refractivity contribution in [2.24, 2.45) is 11.7 Å². The molecule has 1 atom stereocenters. The van der Waals surface area contributed by atoms with Gasteiger partial charge in [-0.2, -0.15) is 4.98 Å². The normalized spacial score (nSPS) is 20.5. The third-order valence-electron chi connectivity index (χ3n) is 2.61. The van der Waals surface area contributed by atoms with Crippen LogP contribution in [-0.4, -0.2) is 28.9 Å². The minimum absolute atomic E-state index is 0.140. The van der Waals surface area contributed by atoms with Crippen LogP contribution in [0.1, 0.15) is 6.42 Å². The van der Waals surface area contributed by atoms with Gasteiger partial charge in [0.25, 0.3) is 0 Å². The van der Waals surface area contributed by atoms with Gasteiger partial charge in [0.1, 0.15) is 5.82 Å². The van der Waals surface area contributed by atoms with E-state index < -0.39 is 0 Å². The standard InChI is InChI=1S/C9H14N6/c10-8(11)6-2-4-15(5-6)7-1-3-13-9(12)14-7/h1,3,6H,2,4-5H2,(H3,10,11)(H2,12,13,14)/t6-/m1/s1. The molecule has 1 aliphatic heterocycles. The zero-order valence-corrected chi connectivity index (χ0v) is 8.35. The molecule has 0 amide bonds. The molecule has 80 valence electrons. The summed E-state index contributed by atoms with van der Waals surface area (Å²) in [6.07, 6.45) is 2.54. The Morgan fingerprint density at radius 1 is 1.60 bits per heavy atom. The maximum atomic E-state index is 7.38. The van der Waals surface area contributed by atoms with Gasteiger partial charge in [-0.15, -0.1) is 0 Å². The summed E-state index contributed by atoms with van der Waals surface area (Å²) < 4.78 is 0. The van der Waals surface area contributed by atoms with Crippen LogP contribution in [0.25, 0.3) is 0 Å². The van der Waals surface area contributed by atoms with Crippen LogP contribution in [0, 0.1) is 11.3 Å². The molecule has 0 radical (unpaired) electrons. The van der Waals surface area contributed by atoms with Gasteiger partial charge in [-0.05, 0) is 12.5 Å². The maximum Gasteiger partial charge on any atom is 0.221 e. The quantitative estimate of drug-likeness (QED) is 0.460. The lowest BCUT2D eigenvalue weighted by molar-refractivity contribution is 0.769. The Bertz CT molecular complexity index is 377. The smallest absolute Gasteiger partial charge is 0.221 e. The number of nitrogens with two attached hydrogens (primary N) is 2. The van der Waals surface area contributed by atoms with Gasteiger partial charge in [0.15, 0.2) is 0 Å². The molecule has 0 aromatic carbocycles. The third kappa shape index (κ3) is 1.98. The van der Waals surface area contributed by atoms with Gasteiger partial charge in [0.2, 0.25) is 5.95 Å². The Morgan fingerprint density at radius 3 is 3.00 bits per heavy atom. The SMILES string of the molecule is N=C(N)[C@@H]1CCN(c2ccnc(N)n2)C1. The average molecular weight is 206 g/mol. The minimum Gasteiger partial charge on any atom is -0.387 e. The first kappa shape index (κ1) is 9.70. The van der Waals surface area contributed by atoms with Crippen LogP contribution in [0.15, 0.2) is 12.3 Å². The second kappa shape index (κ2) is 3.72. The molecule has 1 aliphatic rings. The van der Waals surface area contributed by atoms with Crippen molar-refractivity contribution in [2.45, 2.75) is 6.42 Å². The van der Waals surface area contributed by atoms with Gasteiger partial charge >= 0.3 is 0 Å². The van der Waals surface area contributed by atoms with E-state index in [0.717, 1.165) is 25.3 Å². The average Bonchev–Trinajstić information content (AvgIpc) is 2.66. The monoisotopic (exact) mass is 206 g/mol. The Kier molecular flexibility index (Phi) is 2.40. The minimum atomic E-state index is 0.140. The van der Waals surface area contributed by atoms with E-state index in [-0.39, 0.29) is 17.7 Å². The largest absolute Gasteiger partial charge is 0.387 e. The molecule has 0 spiro atoms. The van der Waals surface area contributed by atoms with Crippen LogP contribution in [0.5, 0.6) is 0 Å². The topological polar surface area (TPSA) is 105 Å². The highest BCUT2D eigenvalue weighted by Crippen LogP contribution is 2.21. The molecular weight excluding hydrogens is 192 g/mol. The molecular formula is C9H14N6. The summed E-state index contributed by atoms with van der Waals surface area (Å²) in [7, 11) is 0. The Morgan fingerprint density at radius 2 is 2.40 bits per heavy atom. The Labute approximate surface area is 87.8 Å². The lowest BCUT2D eigenvalue weighted by Crippen LogP contribution is -2.27. The highest BCUT2D eigenvalue weighted by Gasteiger charge is 2.25. The van der Waals surface area contributed by atoms with E-state index in [9.17, 15) is 0 Å². The van der Waals surface area contributed by atoms with Crippen molar-refractivity contribution >= 4 is 17.6 Å². The van der Waals surface area contributed by atoms with Crippen LogP contribution < -0.4 is 16.4 Å². The first-order valence-corrected chi connectivity index (χ1v) is 4.84. The van der Waals surface area contributed by atoms with Crippen LogP contribution in [-0.2, 0) is 0 Å². The van der Waals surface area contributed by atoms with Gasteiger partial charge in [-0.25, -0.2) is 4.98 Å². The van der Waals surface area contributed by atoms with Crippen molar-refractivity contribution < 1.29 is 0 Å². The Balaban J connectivity index is 2.11. The molecule has 6 nitrogen and oxygen atoms in total. The molecule has 2 heterocycles. The molecule has 1 aromatic heterocycles. The molecule has 0 aliphatic carbocycles. The predicted molar refractivity (Wildman–Crippen MR) is 58.7 cm³/mol. The maximum absolute atomic E-state index is 7.38. The van der Waals surface area contributed by atoms with E-state index in [1.165, 1.54) is 0 Å². The number of nitrogens with zero attached hydrogens (tertiary/aromatic N) is 3. The molecule has 0 bridgehead atoms. The van der Waals surface area contributed by atoms with Gasteiger partial charge in [0.05, 0.1) is 5.84 Å². The number of hydrogen-bond acceptors (Lipinski definition) is 5. The van der Waals surface area contributed by atoms with Crippen molar-refractivity contribution in [2.75, 3.05) is 23.7 Å². The van der Waals surface area contributed by atoms with Crippen LogP contribution in [0.3, 0.4) is 0 Å². The number of anilines is 2. The summed E-state index contributed by atoms with van der Waals surface area (Å²) in [5, 5.41) is 7.38. The highest BCUT2D eigenvalue weighted by molar-refractivity contribution is 5.80. The lowest BCUT2D eigenvalue weighted by atomic mass is 10.1. The van der Waals surface area contributed by atoms with E-state index in [0.29, 0.717) is 0 Å². The molecule has 1 aromatic rings. The second-order valence-electron chi connectivity index (χ2n) is 3.66. The van der Waals surface area contributed by atoms with Crippen molar-refractivity contribution in [1.29, 1.82) is 5.41 Å².